The SMILES string of the molecule is O=C(O)CC[n+]1ccc(-c2ncns2)c(F)c1.[Cl-]. The van der Waals surface area contributed by atoms with E-state index in [9.17, 15) is 9.18 Å². The molecule has 0 aliphatic heterocycles. The molecule has 5 nitrogen and oxygen atoms in total. The normalized spacial score (nSPS) is 9.83. The van der Waals surface area contributed by atoms with Gasteiger partial charge in [0.1, 0.15) is 17.8 Å². The molecule has 0 saturated heterocycles. The van der Waals surface area contributed by atoms with Crippen molar-refractivity contribution in [1.29, 1.82) is 0 Å². The fraction of sp³-hybridized carbons (Fsp3) is 0.200. The molecule has 0 fully saturated rings. The standard InChI is InChI=1S/C10H8FN3O2S.ClH/c11-8-5-14(4-2-9(15)16)3-1-7(8)10-12-6-13-17-10;/h1,3,5-6H,2,4H2;1H. The second-order valence-corrected chi connectivity index (χ2v) is 4.11. The topological polar surface area (TPSA) is 67.0 Å². The number of aryl methyl sites for hydroxylation is 1. The second-order valence-electron chi connectivity index (χ2n) is 3.33. The Labute approximate surface area is 113 Å². The zero-order valence-corrected chi connectivity index (χ0v) is 10.7. The molecule has 2 aromatic heterocycles. The molecule has 1 N–H and O–H groups in total. The Kier molecular flexibility index (Phi) is 5.11. The number of halogens is 2. The number of rotatable bonds is 4. The van der Waals surface area contributed by atoms with Crippen LogP contribution in [0.1, 0.15) is 6.42 Å². The summed E-state index contributed by atoms with van der Waals surface area (Å²) in [5, 5.41) is 9.03. The summed E-state index contributed by atoms with van der Waals surface area (Å²) in [6.45, 7) is 0.239. The van der Waals surface area contributed by atoms with Gasteiger partial charge >= 0.3 is 5.97 Å². The van der Waals surface area contributed by atoms with Crippen molar-refractivity contribution in [3.8, 4) is 10.6 Å². The molecule has 0 saturated carbocycles. The van der Waals surface area contributed by atoms with E-state index in [0.717, 1.165) is 11.5 Å². The summed E-state index contributed by atoms with van der Waals surface area (Å²) < 4.78 is 19.0. The predicted octanol–water partition coefficient (Wildman–Crippen LogP) is -1.89. The van der Waals surface area contributed by atoms with E-state index in [-0.39, 0.29) is 25.4 Å². The van der Waals surface area contributed by atoms with Gasteiger partial charge in [0.15, 0.2) is 18.6 Å². The van der Waals surface area contributed by atoms with Crippen molar-refractivity contribution in [2.75, 3.05) is 0 Å². The number of carboxylic acid groups (broad SMARTS) is 1. The van der Waals surface area contributed by atoms with E-state index in [1.807, 2.05) is 0 Å². The summed E-state index contributed by atoms with van der Waals surface area (Å²) >= 11 is 1.11. The minimum absolute atomic E-state index is 0. The molecule has 2 aromatic rings. The molecule has 2 heterocycles. The summed E-state index contributed by atoms with van der Waals surface area (Å²) in [7, 11) is 0. The van der Waals surface area contributed by atoms with Crippen molar-refractivity contribution < 1.29 is 31.3 Å². The molecule has 0 bridgehead atoms. The van der Waals surface area contributed by atoms with Crippen molar-refractivity contribution >= 4 is 17.5 Å². The zero-order chi connectivity index (χ0) is 12.3. The van der Waals surface area contributed by atoms with Crippen LogP contribution in [0.25, 0.3) is 10.6 Å². The molecule has 0 amide bonds. The Morgan fingerprint density at radius 3 is 2.89 bits per heavy atom. The first-order chi connectivity index (χ1) is 8.16. The maximum absolute atomic E-state index is 13.7. The first kappa shape index (κ1) is 14.5. The number of carbonyl (C=O) groups is 1. The van der Waals surface area contributed by atoms with Crippen molar-refractivity contribution in [2.24, 2.45) is 0 Å². The van der Waals surface area contributed by atoms with Gasteiger partial charge in [-0.2, -0.15) is 8.76 Å². The van der Waals surface area contributed by atoms with Gasteiger partial charge in [-0.15, -0.1) is 0 Å². The predicted molar refractivity (Wildman–Crippen MR) is 57.8 cm³/mol. The van der Waals surface area contributed by atoms with E-state index >= 15 is 0 Å². The Hall–Kier alpha value is -1.60. The monoisotopic (exact) mass is 289 g/mol. The molecule has 0 aromatic carbocycles. The lowest BCUT2D eigenvalue weighted by molar-refractivity contribution is -0.697. The van der Waals surface area contributed by atoms with Gasteiger partial charge in [-0.1, -0.05) is 0 Å². The van der Waals surface area contributed by atoms with Crippen molar-refractivity contribution in [3.63, 3.8) is 0 Å². The highest BCUT2D eigenvalue weighted by molar-refractivity contribution is 7.09. The van der Waals surface area contributed by atoms with Crippen LogP contribution < -0.4 is 17.0 Å². The fourth-order valence-electron chi connectivity index (χ4n) is 1.34. The van der Waals surface area contributed by atoms with Gasteiger partial charge in [0.2, 0.25) is 6.20 Å². The van der Waals surface area contributed by atoms with Crippen molar-refractivity contribution in [2.45, 2.75) is 13.0 Å². The molecule has 8 heteroatoms. The average molecular weight is 290 g/mol. The van der Waals surface area contributed by atoms with Gasteiger partial charge in [-0.3, -0.25) is 4.79 Å². The summed E-state index contributed by atoms with van der Waals surface area (Å²) in [5.41, 5.74) is 0.374. The van der Waals surface area contributed by atoms with Crippen LogP contribution in [0.3, 0.4) is 0 Å². The van der Waals surface area contributed by atoms with E-state index in [2.05, 4.69) is 9.36 Å². The van der Waals surface area contributed by atoms with Crippen LogP contribution in [0.2, 0.25) is 0 Å². The van der Waals surface area contributed by atoms with Gasteiger partial charge in [-0.25, -0.2) is 9.55 Å². The van der Waals surface area contributed by atoms with Crippen LogP contribution >= 0.6 is 11.5 Å². The Balaban J connectivity index is 0.00000162. The largest absolute Gasteiger partial charge is 1.00 e. The summed E-state index contributed by atoms with van der Waals surface area (Å²) in [6.07, 6.45) is 4.22. The molecular formula is C10H9ClFN3O2S. The maximum Gasteiger partial charge on any atom is 0.309 e. The van der Waals surface area contributed by atoms with Gasteiger partial charge in [0.25, 0.3) is 0 Å². The molecule has 0 aliphatic carbocycles. The lowest BCUT2D eigenvalue weighted by atomic mass is 10.2. The van der Waals surface area contributed by atoms with Crippen LogP contribution in [0.4, 0.5) is 4.39 Å². The molecular weight excluding hydrogens is 281 g/mol. The summed E-state index contributed by atoms with van der Waals surface area (Å²) in [5.74, 6) is -1.35. The quantitative estimate of drug-likeness (QED) is 0.669. The summed E-state index contributed by atoms with van der Waals surface area (Å²) in [6, 6.07) is 1.57. The van der Waals surface area contributed by atoms with Crippen LogP contribution in [0, 0.1) is 5.82 Å². The highest BCUT2D eigenvalue weighted by Crippen LogP contribution is 2.21. The van der Waals surface area contributed by atoms with Crippen molar-refractivity contribution in [3.05, 3.63) is 30.6 Å². The smallest absolute Gasteiger partial charge is 0.309 e. The van der Waals surface area contributed by atoms with E-state index in [4.69, 9.17) is 5.11 Å². The highest BCUT2D eigenvalue weighted by atomic mass is 35.5. The Bertz CT molecular complexity index is 536. The number of aliphatic carboxylic acids is 1. The second kappa shape index (κ2) is 6.36. The van der Waals surface area contributed by atoms with Crippen LogP contribution in [0.15, 0.2) is 24.8 Å². The molecule has 96 valence electrons. The Morgan fingerprint density at radius 1 is 1.56 bits per heavy atom. The van der Waals surface area contributed by atoms with Gasteiger partial charge in [-0.05, 0) is 11.5 Å². The third-order valence-corrected chi connectivity index (χ3v) is 2.84. The number of hydrogen-bond donors (Lipinski definition) is 1. The molecule has 0 aliphatic rings. The number of hydrogen-bond acceptors (Lipinski definition) is 4. The van der Waals surface area contributed by atoms with Gasteiger partial charge in [0.05, 0.1) is 5.56 Å². The minimum Gasteiger partial charge on any atom is -1.00 e. The van der Waals surface area contributed by atoms with E-state index < -0.39 is 11.8 Å². The van der Waals surface area contributed by atoms with Crippen LogP contribution in [-0.4, -0.2) is 20.4 Å². The van der Waals surface area contributed by atoms with Crippen LogP contribution in [-0.2, 0) is 11.3 Å². The van der Waals surface area contributed by atoms with Crippen molar-refractivity contribution in [1.82, 2.24) is 9.36 Å². The molecule has 2 rings (SSSR count). The number of carboxylic acids is 1. The minimum atomic E-state index is -0.911. The lowest BCUT2D eigenvalue weighted by Crippen LogP contribution is -3.00. The first-order valence-electron chi connectivity index (χ1n) is 4.84. The van der Waals surface area contributed by atoms with E-state index in [0.29, 0.717) is 10.6 Å². The summed E-state index contributed by atoms with van der Waals surface area (Å²) in [4.78, 5) is 14.3. The van der Waals surface area contributed by atoms with E-state index in [1.165, 1.54) is 17.1 Å². The average Bonchev–Trinajstić information content (AvgIpc) is 2.79. The number of aromatic nitrogens is 3. The maximum atomic E-state index is 13.7. The van der Waals surface area contributed by atoms with Crippen LogP contribution in [0.5, 0.6) is 0 Å². The number of pyridine rings is 1. The first-order valence-corrected chi connectivity index (χ1v) is 5.61. The van der Waals surface area contributed by atoms with Gasteiger partial charge < -0.3 is 17.5 Å². The lowest BCUT2D eigenvalue weighted by Gasteiger charge is -1.98. The molecule has 0 atom stereocenters. The van der Waals surface area contributed by atoms with Gasteiger partial charge in [0, 0.05) is 6.07 Å². The number of nitrogens with zero attached hydrogens (tertiary/aromatic N) is 3. The molecule has 0 spiro atoms. The highest BCUT2D eigenvalue weighted by Gasteiger charge is 2.13. The third kappa shape index (κ3) is 3.44. The Morgan fingerprint density at radius 2 is 2.33 bits per heavy atom. The zero-order valence-electron chi connectivity index (χ0n) is 9.08. The third-order valence-electron chi connectivity index (χ3n) is 2.14. The fourth-order valence-corrected chi connectivity index (χ4v) is 1.89. The molecule has 18 heavy (non-hydrogen) atoms. The van der Waals surface area contributed by atoms with E-state index in [1.54, 1.807) is 12.3 Å². The molecule has 0 unspecified atom stereocenters. The molecule has 0 radical (unpaired) electrons.